The van der Waals surface area contributed by atoms with Gasteiger partial charge in [-0.05, 0) is 24.3 Å². The number of anilines is 1. The Morgan fingerprint density at radius 3 is 3.08 bits per heavy atom. The average Bonchev–Trinajstić information content (AvgIpc) is 3.02. The van der Waals surface area contributed by atoms with E-state index in [4.69, 9.17) is 9.72 Å². The molecule has 7 heteroatoms. The summed E-state index contributed by atoms with van der Waals surface area (Å²) in [7, 11) is 1.91. The zero-order chi connectivity index (χ0) is 17.4. The van der Waals surface area contributed by atoms with Crippen molar-refractivity contribution in [2.75, 3.05) is 25.1 Å². The number of aromatic nitrogens is 3. The minimum absolute atomic E-state index is 0.284. The minimum atomic E-state index is -0.284. The number of hydrogen-bond donors (Lipinski definition) is 1. The fourth-order valence-corrected chi connectivity index (χ4v) is 2.89. The number of ether oxygens (including phenoxy) is 1. The van der Waals surface area contributed by atoms with E-state index in [1.54, 1.807) is 16.8 Å². The van der Waals surface area contributed by atoms with Crippen LogP contribution < -0.4 is 15.0 Å². The minimum Gasteiger partial charge on any atom is -0.491 e. The highest BCUT2D eigenvalue weighted by Crippen LogP contribution is 2.25. The van der Waals surface area contributed by atoms with Gasteiger partial charge >= 0.3 is 0 Å². The maximum atomic E-state index is 13.7. The van der Waals surface area contributed by atoms with Crippen molar-refractivity contribution in [2.24, 2.45) is 0 Å². The fraction of sp³-hybridized carbons (Fsp3) is 0.222. The van der Waals surface area contributed by atoms with Gasteiger partial charge in [-0.25, -0.2) is 13.9 Å². The molecule has 1 aliphatic heterocycles. The van der Waals surface area contributed by atoms with Crippen LogP contribution in [0, 0.1) is 5.82 Å². The highest BCUT2D eigenvalue weighted by atomic mass is 19.1. The van der Waals surface area contributed by atoms with Gasteiger partial charge in [-0.3, -0.25) is 0 Å². The molecule has 0 atom stereocenters. The summed E-state index contributed by atoms with van der Waals surface area (Å²) < 4.78 is 21.2. The number of hydrogen-bond acceptors (Lipinski definition) is 5. The molecular weight excluding hydrogens is 321 g/mol. The molecule has 0 radical (unpaired) electrons. The maximum Gasteiger partial charge on any atom is 0.166 e. The summed E-state index contributed by atoms with van der Waals surface area (Å²) in [5, 5.41) is 7.54. The van der Waals surface area contributed by atoms with E-state index in [1.165, 1.54) is 12.1 Å². The van der Waals surface area contributed by atoms with Crippen LogP contribution in [0.5, 0.6) is 5.75 Å². The van der Waals surface area contributed by atoms with Gasteiger partial charge in [-0.1, -0.05) is 6.58 Å². The summed E-state index contributed by atoms with van der Waals surface area (Å²) in [6, 6.07) is 6.45. The van der Waals surface area contributed by atoms with Gasteiger partial charge in [-0.15, -0.1) is 0 Å². The fourth-order valence-electron chi connectivity index (χ4n) is 2.89. The molecule has 0 saturated heterocycles. The second kappa shape index (κ2) is 6.08. The van der Waals surface area contributed by atoms with Crippen LogP contribution in [0.25, 0.3) is 11.3 Å². The molecule has 1 aromatic carbocycles. The molecule has 1 aliphatic rings. The quantitative estimate of drug-likeness (QED) is 0.682. The summed E-state index contributed by atoms with van der Waals surface area (Å²) >= 11 is 0. The van der Waals surface area contributed by atoms with Crippen molar-refractivity contribution in [2.45, 2.75) is 6.54 Å². The van der Waals surface area contributed by atoms with Crippen LogP contribution in [-0.2, 0) is 6.54 Å². The van der Waals surface area contributed by atoms with E-state index in [-0.39, 0.29) is 5.82 Å². The third-order valence-corrected chi connectivity index (χ3v) is 4.20. The monoisotopic (exact) mass is 339 g/mol. The van der Waals surface area contributed by atoms with E-state index in [2.05, 4.69) is 17.0 Å². The van der Waals surface area contributed by atoms with Crippen molar-refractivity contribution < 1.29 is 9.13 Å². The van der Waals surface area contributed by atoms with Crippen molar-refractivity contribution in [3.8, 4) is 5.75 Å². The second-order valence-corrected chi connectivity index (χ2v) is 5.97. The molecule has 0 fully saturated rings. The molecule has 128 valence electrons. The molecule has 2 bridgehead atoms. The molecule has 1 N–H and O–H groups in total. The van der Waals surface area contributed by atoms with Gasteiger partial charge in [0, 0.05) is 37.6 Å². The van der Waals surface area contributed by atoms with Crippen molar-refractivity contribution in [1.29, 1.82) is 0 Å². The molecule has 0 unspecified atom stereocenters. The maximum absolute atomic E-state index is 13.7. The molecule has 25 heavy (non-hydrogen) atoms. The number of benzene rings is 1. The summed E-state index contributed by atoms with van der Waals surface area (Å²) in [6.07, 6.45) is 3.60. The van der Waals surface area contributed by atoms with Crippen molar-refractivity contribution in [1.82, 2.24) is 19.9 Å². The molecule has 0 aliphatic carbocycles. The number of nitrogens with zero attached hydrogens (tertiary/aromatic N) is 4. The van der Waals surface area contributed by atoms with Crippen LogP contribution in [0.4, 0.5) is 10.2 Å². The number of nitrogens with one attached hydrogen (secondary N) is 1. The van der Waals surface area contributed by atoms with Crippen LogP contribution in [0.15, 0.2) is 43.2 Å². The lowest BCUT2D eigenvalue weighted by molar-refractivity contribution is 0.317. The first-order valence-electron chi connectivity index (χ1n) is 8.02. The largest absolute Gasteiger partial charge is 0.491 e. The van der Waals surface area contributed by atoms with Crippen molar-refractivity contribution in [3.05, 3.63) is 60.2 Å². The smallest absolute Gasteiger partial charge is 0.166 e. The Labute approximate surface area is 144 Å². The molecule has 0 spiro atoms. The van der Waals surface area contributed by atoms with Gasteiger partial charge in [0.2, 0.25) is 0 Å². The first kappa shape index (κ1) is 15.4. The molecule has 0 amide bonds. The highest BCUT2D eigenvalue weighted by Gasteiger charge is 2.15. The number of halogens is 1. The Balaban J connectivity index is 1.80. The Bertz CT molecular complexity index is 952. The van der Waals surface area contributed by atoms with E-state index >= 15 is 0 Å². The molecule has 2 aromatic heterocycles. The Morgan fingerprint density at radius 2 is 2.20 bits per heavy atom. The average molecular weight is 339 g/mol. The van der Waals surface area contributed by atoms with Gasteiger partial charge in [0.1, 0.15) is 24.0 Å². The predicted octanol–water partition coefficient (Wildman–Crippen LogP) is 2.46. The van der Waals surface area contributed by atoms with Crippen molar-refractivity contribution in [3.63, 3.8) is 0 Å². The van der Waals surface area contributed by atoms with Crippen LogP contribution in [0.3, 0.4) is 0 Å². The normalized spacial score (nSPS) is 15.0. The first-order valence-corrected chi connectivity index (χ1v) is 8.02. The lowest BCUT2D eigenvalue weighted by Gasteiger charge is -2.20. The van der Waals surface area contributed by atoms with Crippen molar-refractivity contribution >= 4 is 17.2 Å². The van der Waals surface area contributed by atoms with Gasteiger partial charge < -0.3 is 15.0 Å². The second-order valence-electron chi connectivity index (χ2n) is 5.97. The predicted molar refractivity (Wildman–Crippen MR) is 94.0 cm³/mol. The SMILES string of the molecule is C=C1NCCOc2ccc(F)cc2CN(C)c2ccn3ncc1c3n2. The van der Waals surface area contributed by atoms with E-state index in [0.29, 0.717) is 25.4 Å². The molecular formula is C18H18FN5O. The summed E-state index contributed by atoms with van der Waals surface area (Å²) in [4.78, 5) is 6.65. The van der Waals surface area contributed by atoms with Gasteiger partial charge in [-0.2, -0.15) is 5.10 Å². The third-order valence-electron chi connectivity index (χ3n) is 4.20. The highest BCUT2D eigenvalue weighted by molar-refractivity contribution is 5.73. The molecule has 3 heterocycles. The van der Waals surface area contributed by atoms with Crippen LogP contribution in [0.2, 0.25) is 0 Å². The van der Waals surface area contributed by atoms with Gasteiger partial charge in [0.15, 0.2) is 5.65 Å². The van der Waals surface area contributed by atoms with E-state index < -0.39 is 0 Å². The van der Waals surface area contributed by atoms with Gasteiger partial charge in [0.25, 0.3) is 0 Å². The van der Waals surface area contributed by atoms with Crippen LogP contribution in [-0.4, -0.2) is 34.8 Å². The Hall–Kier alpha value is -3.09. The lowest BCUT2D eigenvalue weighted by atomic mass is 10.2. The Morgan fingerprint density at radius 1 is 1.32 bits per heavy atom. The lowest BCUT2D eigenvalue weighted by Crippen LogP contribution is -2.20. The van der Waals surface area contributed by atoms with E-state index in [9.17, 15) is 4.39 Å². The summed E-state index contributed by atoms with van der Waals surface area (Å²) in [5.74, 6) is 1.15. The topological polar surface area (TPSA) is 54.7 Å². The van der Waals surface area contributed by atoms with E-state index in [0.717, 1.165) is 28.3 Å². The molecule has 0 saturated carbocycles. The number of fused-ring (bicyclic) bond motifs is 2. The third kappa shape index (κ3) is 2.88. The summed E-state index contributed by atoms with van der Waals surface area (Å²) in [6.45, 7) is 5.56. The molecule has 3 aromatic rings. The first-order chi connectivity index (χ1) is 12.1. The van der Waals surface area contributed by atoms with Gasteiger partial charge in [0.05, 0.1) is 11.8 Å². The Kier molecular flexibility index (Phi) is 3.76. The standard InChI is InChI=1S/C18H18FN5O/c1-12-15-10-21-24-7-5-17(22-18(15)24)23(2)11-13-9-14(19)3-4-16(13)25-8-6-20-12/h3-5,7,9-10,20H,1,6,8,11H2,2H3. The van der Waals surface area contributed by atoms with Crippen LogP contribution in [0.1, 0.15) is 11.1 Å². The number of rotatable bonds is 0. The zero-order valence-corrected chi connectivity index (χ0v) is 13.9. The van der Waals surface area contributed by atoms with Crippen LogP contribution >= 0.6 is 0 Å². The summed E-state index contributed by atoms with van der Waals surface area (Å²) in [5.41, 5.74) is 3.08. The zero-order valence-electron chi connectivity index (χ0n) is 13.9. The van der Waals surface area contributed by atoms with E-state index in [1.807, 2.05) is 24.2 Å². The molecule has 4 rings (SSSR count). The molecule has 6 nitrogen and oxygen atoms in total.